The van der Waals surface area contributed by atoms with Crippen molar-refractivity contribution in [3.8, 4) is 0 Å². The number of carboxylic acids is 1. The van der Waals surface area contributed by atoms with E-state index in [4.69, 9.17) is 9.05 Å². The first-order chi connectivity index (χ1) is 4.50. The molecule has 0 bridgehead atoms. The second-order valence-electron chi connectivity index (χ2n) is 2.78. The molecule has 0 saturated heterocycles. The summed E-state index contributed by atoms with van der Waals surface area (Å²) >= 11 is -0.247. The third-order valence-electron chi connectivity index (χ3n) is 1.41. The number of nitrogens with two attached hydrogens (primary N) is 1. The topological polar surface area (TPSA) is 63.3 Å². The summed E-state index contributed by atoms with van der Waals surface area (Å²) in [7, 11) is 0. The number of rotatable bonds is 4. The van der Waals surface area contributed by atoms with Crippen LogP contribution < -0.4 is 25.4 Å². The molecule has 10 heavy (non-hydrogen) atoms. The molecule has 0 aliphatic carbocycles. The van der Waals surface area contributed by atoms with Gasteiger partial charge < -0.3 is 0 Å². The maximum absolute atomic E-state index is 10.5. The van der Waals surface area contributed by atoms with Gasteiger partial charge in [0.15, 0.2) is 0 Å². The molecule has 0 saturated carbocycles. The standard InChI is InChI=1S/C6H13INO2/c1-6(2,5(9)10)3-4-7-8/h3-4,8H2,1-2H3,(H,9,10)/q-1. The molecule has 0 amide bonds. The molecule has 62 valence electrons. The van der Waals surface area contributed by atoms with Crippen LogP contribution in [-0.2, 0) is 4.79 Å². The minimum absolute atomic E-state index is 0.247. The number of hydrogen-bond acceptors (Lipinski definition) is 2. The third-order valence-corrected chi connectivity index (χ3v) is 2.57. The van der Waals surface area contributed by atoms with E-state index in [1.807, 2.05) is 0 Å². The van der Waals surface area contributed by atoms with Crippen molar-refractivity contribution in [3.05, 3.63) is 0 Å². The summed E-state index contributed by atoms with van der Waals surface area (Å²) < 4.78 is 6.24. The van der Waals surface area contributed by atoms with E-state index in [0.29, 0.717) is 6.42 Å². The number of hydrogen-bond donors (Lipinski definition) is 2. The Labute approximate surface area is 71.6 Å². The van der Waals surface area contributed by atoms with Crippen LogP contribution in [0.15, 0.2) is 0 Å². The van der Waals surface area contributed by atoms with E-state index in [2.05, 4.69) is 0 Å². The van der Waals surface area contributed by atoms with Gasteiger partial charge in [-0.1, -0.05) is 0 Å². The average molecular weight is 258 g/mol. The van der Waals surface area contributed by atoms with Gasteiger partial charge in [-0.15, -0.1) is 0 Å². The van der Waals surface area contributed by atoms with Crippen molar-refractivity contribution in [1.82, 2.24) is 0 Å². The average Bonchev–Trinajstić information content (AvgIpc) is 1.84. The molecule has 3 N–H and O–H groups in total. The van der Waals surface area contributed by atoms with Gasteiger partial charge in [-0.25, -0.2) is 0 Å². The molecule has 0 fully saturated rings. The van der Waals surface area contributed by atoms with Crippen molar-refractivity contribution in [2.24, 2.45) is 9.36 Å². The van der Waals surface area contributed by atoms with Crippen LogP contribution in [0, 0.1) is 5.41 Å². The molecule has 4 heteroatoms. The summed E-state index contributed by atoms with van der Waals surface area (Å²) in [6.45, 7) is 3.46. The van der Waals surface area contributed by atoms with Crippen LogP contribution in [0.5, 0.6) is 0 Å². The van der Waals surface area contributed by atoms with Crippen LogP contribution in [0.25, 0.3) is 0 Å². The molecule has 0 heterocycles. The van der Waals surface area contributed by atoms with E-state index in [0.717, 1.165) is 4.43 Å². The van der Waals surface area contributed by atoms with Crippen molar-refractivity contribution in [2.75, 3.05) is 4.43 Å². The fraction of sp³-hybridized carbons (Fsp3) is 0.833. The molecule has 0 aliphatic heterocycles. The molecule has 3 nitrogen and oxygen atoms in total. The van der Waals surface area contributed by atoms with Crippen molar-refractivity contribution in [3.63, 3.8) is 0 Å². The van der Waals surface area contributed by atoms with Crippen molar-refractivity contribution >= 4 is 5.97 Å². The van der Waals surface area contributed by atoms with Gasteiger partial charge in [0, 0.05) is 0 Å². The van der Waals surface area contributed by atoms with Gasteiger partial charge in [0.2, 0.25) is 0 Å². The summed E-state index contributed by atoms with van der Waals surface area (Å²) in [6, 6.07) is 0. The van der Waals surface area contributed by atoms with E-state index in [1.165, 1.54) is 0 Å². The fourth-order valence-electron chi connectivity index (χ4n) is 0.398. The van der Waals surface area contributed by atoms with Gasteiger partial charge in [0.25, 0.3) is 0 Å². The molecule has 0 aromatic heterocycles. The van der Waals surface area contributed by atoms with Crippen molar-refractivity contribution in [1.29, 1.82) is 0 Å². The summed E-state index contributed by atoms with van der Waals surface area (Å²) in [6.07, 6.45) is 0.701. The summed E-state index contributed by atoms with van der Waals surface area (Å²) in [5.74, 6) is -0.732. The molecule has 0 radical (unpaired) electrons. The molecule has 0 spiro atoms. The number of aliphatic carboxylic acids is 1. The number of carbonyl (C=O) groups is 1. The zero-order valence-corrected chi connectivity index (χ0v) is 8.38. The van der Waals surface area contributed by atoms with Crippen LogP contribution in [0.4, 0.5) is 0 Å². The quantitative estimate of drug-likeness (QED) is 0.331. The van der Waals surface area contributed by atoms with Crippen molar-refractivity contribution < 1.29 is 31.4 Å². The van der Waals surface area contributed by atoms with Crippen LogP contribution >= 0.6 is 0 Å². The summed E-state index contributed by atoms with van der Waals surface area (Å²) in [5.41, 5.74) is -0.584. The molecular formula is C6H13INO2-. The van der Waals surface area contributed by atoms with Gasteiger partial charge in [-0.3, -0.25) is 0 Å². The fourth-order valence-corrected chi connectivity index (χ4v) is 2.06. The predicted molar refractivity (Wildman–Crippen MR) is 35.1 cm³/mol. The van der Waals surface area contributed by atoms with E-state index in [1.54, 1.807) is 13.8 Å². The van der Waals surface area contributed by atoms with E-state index >= 15 is 0 Å². The Bertz CT molecular complexity index is 125. The van der Waals surface area contributed by atoms with E-state index < -0.39 is 11.4 Å². The Hall–Kier alpha value is 0.160. The second kappa shape index (κ2) is 4.12. The predicted octanol–water partition coefficient (Wildman–Crippen LogP) is -2.55. The molecular weight excluding hydrogens is 245 g/mol. The SMILES string of the molecule is CC(C)(CC[I-]N)C(=O)O. The summed E-state index contributed by atoms with van der Waals surface area (Å²) in [4.78, 5) is 10.5. The zero-order chi connectivity index (χ0) is 8.20. The first kappa shape index (κ1) is 10.2. The molecule has 0 rings (SSSR count). The Morgan fingerprint density at radius 2 is 2.20 bits per heavy atom. The Kier molecular flexibility index (Phi) is 4.19. The Morgan fingerprint density at radius 3 is 2.50 bits per heavy atom. The molecule has 0 unspecified atom stereocenters. The number of alkyl halides is 1. The van der Waals surface area contributed by atoms with Crippen LogP contribution in [-0.4, -0.2) is 15.5 Å². The van der Waals surface area contributed by atoms with E-state index in [-0.39, 0.29) is 21.5 Å². The monoisotopic (exact) mass is 258 g/mol. The normalized spacial score (nSPS) is 11.9. The van der Waals surface area contributed by atoms with Crippen LogP contribution in [0.1, 0.15) is 20.3 Å². The third kappa shape index (κ3) is 3.36. The molecule has 0 atom stereocenters. The number of carboxylic acid groups (broad SMARTS) is 1. The minimum atomic E-state index is -0.732. The zero-order valence-electron chi connectivity index (χ0n) is 6.22. The molecule has 0 aromatic carbocycles. The van der Waals surface area contributed by atoms with Gasteiger partial charge in [0.1, 0.15) is 0 Å². The first-order valence-corrected chi connectivity index (χ1v) is 5.79. The van der Waals surface area contributed by atoms with E-state index in [9.17, 15) is 4.79 Å². The Balaban J connectivity index is 3.75. The van der Waals surface area contributed by atoms with Crippen LogP contribution in [0.2, 0.25) is 0 Å². The van der Waals surface area contributed by atoms with Gasteiger partial charge in [-0.05, 0) is 0 Å². The van der Waals surface area contributed by atoms with Gasteiger partial charge in [-0.2, -0.15) is 0 Å². The molecule has 0 aliphatic rings. The number of halogens is 1. The first-order valence-electron chi connectivity index (χ1n) is 3.02. The second-order valence-corrected chi connectivity index (χ2v) is 4.74. The molecule has 0 aromatic rings. The van der Waals surface area contributed by atoms with Gasteiger partial charge in [0.05, 0.1) is 0 Å². The Morgan fingerprint density at radius 1 is 1.70 bits per heavy atom. The maximum atomic E-state index is 10.5. The van der Waals surface area contributed by atoms with Crippen LogP contribution in [0.3, 0.4) is 0 Å². The van der Waals surface area contributed by atoms with Crippen molar-refractivity contribution in [2.45, 2.75) is 20.3 Å². The van der Waals surface area contributed by atoms with Gasteiger partial charge >= 0.3 is 71.4 Å². The summed E-state index contributed by atoms with van der Waals surface area (Å²) in [5, 5.41) is 8.64.